The molecule has 6 heteroatoms. The summed E-state index contributed by atoms with van der Waals surface area (Å²) in [7, 11) is 0. The van der Waals surface area contributed by atoms with Gasteiger partial charge in [0.1, 0.15) is 5.75 Å². The number of hydrogen-bond donors (Lipinski definition) is 2. The number of aliphatic hydroxyl groups is 1. The van der Waals surface area contributed by atoms with Crippen LogP contribution < -0.4 is 10.5 Å². The van der Waals surface area contributed by atoms with Gasteiger partial charge in [0.2, 0.25) is 0 Å². The number of ether oxygens (including phenoxy) is 2. The number of nitrogens with zero attached hydrogens (tertiary/aromatic N) is 1. The zero-order valence-corrected chi connectivity index (χ0v) is 11.3. The third kappa shape index (κ3) is 3.69. The lowest BCUT2D eigenvalue weighted by atomic mass is 10.2. The third-order valence-corrected chi connectivity index (χ3v) is 3.24. The van der Waals surface area contributed by atoms with Gasteiger partial charge >= 0.3 is 0 Å². The molecule has 1 saturated heterocycles. The van der Waals surface area contributed by atoms with Crippen molar-refractivity contribution in [2.75, 3.05) is 32.9 Å². The number of hydrogen-bond acceptors (Lipinski definition) is 5. The topological polar surface area (TPSA) is 85.0 Å². The van der Waals surface area contributed by atoms with Crippen molar-refractivity contribution in [2.24, 2.45) is 5.73 Å². The normalized spacial score (nSPS) is 18.9. The Bertz CT molecular complexity index is 453. The summed E-state index contributed by atoms with van der Waals surface area (Å²) in [4.78, 5) is 13.7. The van der Waals surface area contributed by atoms with Crippen molar-refractivity contribution in [3.63, 3.8) is 0 Å². The fourth-order valence-corrected chi connectivity index (χ4v) is 2.10. The Morgan fingerprint density at radius 3 is 3.05 bits per heavy atom. The Kier molecular flexibility index (Phi) is 5.34. The maximum atomic E-state index is 12.1. The molecule has 20 heavy (non-hydrogen) atoms. The summed E-state index contributed by atoms with van der Waals surface area (Å²) >= 11 is 0. The first-order valence-corrected chi connectivity index (χ1v) is 6.65. The molecule has 0 radical (unpaired) electrons. The Morgan fingerprint density at radius 1 is 1.50 bits per heavy atom. The molecule has 0 saturated carbocycles. The van der Waals surface area contributed by atoms with E-state index in [9.17, 15) is 4.79 Å². The first kappa shape index (κ1) is 14.8. The summed E-state index contributed by atoms with van der Waals surface area (Å²) in [5, 5.41) is 9.06. The summed E-state index contributed by atoms with van der Waals surface area (Å²) in [6.07, 6.45) is -0.302. The minimum Gasteiger partial charge on any atom is -0.483 e. The van der Waals surface area contributed by atoms with Crippen LogP contribution in [0.4, 0.5) is 0 Å². The Balaban J connectivity index is 1.88. The van der Waals surface area contributed by atoms with Gasteiger partial charge in [0.25, 0.3) is 5.91 Å². The number of rotatable bonds is 5. The molecule has 1 atom stereocenters. The fourth-order valence-electron chi connectivity index (χ4n) is 2.10. The van der Waals surface area contributed by atoms with Crippen LogP contribution >= 0.6 is 0 Å². The second kappa shape index (κ2) is 7.23. The van der Waals surface area contributed by atoms with E-state index >= 15 is 0 Å². The van der Waals surface area contributed by atoms with Crippen LogP contribution in [0.2, 0.25) is 0 Å². The quantitative estimate of drug-likeness (QED) is 0.776. The molecule has 6 nitrogen and oxygen atoms in total. The number of para-hydroxylation sites is 1. The Hall–Kier alpha value is -1.63. The monoisotopic (exact) mass is 280 g/mol. The number of nitrogens with two attached hydrogens (primary N) is 1. The van der Waals surface area contributed by atoms with Gasteiger partial charge in [-0.25, -0.2) is 0 Å². The van der Waals surface area contributed by atoms with Gasteiger partial charge in [-0.3, -0.25) is 4.79 Å². The SMILES string of the molecule is NCc1ccccc1OCC(=O)N1CCOC(CO)C1. The number of amides is 1. The molecule has 1 heterocycles. The molecule has 1 aromatic rings. The van der Waals surface area contributed by atoms with Crippen LogP contribution in [0.15, 0.2) is 24.3 Å². The number of morpholine rings is 1. The molecule has 1 unspecified atom stereocenters. The molecule has 1 aliphatic heterocycles. The van der Waals surface area contributed by atoms with Crippen molar-refractivity contribution in [1.82, 2.24) is 4.90 Å². The van der Waals surface area contributed by atoms with E-state index < -0.39 is 0 Å². The molecule has 2 rings (SSSR count). The highest BCUT2D eigenvalue weighted by Crippen LogP contribution is 2.17. The van der Waals surface area contributed by atoms with Gasteiger partial charge in [-0.1, -0.05) is 18.2 Å². The highest BCUT2D eigenvalue weighted by Gasteiger charge is 2.23. The van der Waals surface area contributed by atoms with Crippen LogP contribution in [-0.4, -0.2) is 54.9 Å². The van der Waals surface area contributed by atoms with Crippen molar-refractivity contribution in [3.05, 3.63) is 29.8 Å². The van der Waals surface area contributed by atoms with E-state index in [1.165, 1.54) is 0 Å². The molecule has 0 spiro atoms. The predicted molar refractivity (Wildman–Crippen MR) is 73.2 cm³/mol. The smallest absolute Gasteiger partial charge is 0.260 e. The lowest BCUT2D eigenvalue weighted by Gasteiger charge is -2.32. The van der Waals surface area contributed by atoms with Gasteiger partial charge in [-0.05, 0) is 6.07 Å². The van der Waals surface area contributed by atoms with Crippen molar-refractivity contribution < 1.29 is 19.4 Å². The van der Waals surface area contributed by atoms with Gasteiger partial charge in [0.05, 0.1) is 19.3 Å². The third-order valence-electron chi connectivity index (χ3n) is 3.24. The van der Waals surface area contributed by atoms with E-state index in [-0.39, 0.29) is 25.2 Å². The van der Waals surface area contributed by atoms with Crippen LogP contribution in [0, 0.1) is 0 Å². The lowest BCUT2D eigenvalue weighted by Crippen LogP contribution is -2.48. The summed E-state index contributed by atoms with van der Waals surface area (Å²) in [6, 6.07) is 7.39. The second-order valence-electron chi connectivity index (χ2n) is 4.62. The average molecular weight is 280 g/mol. The number of aliphatic hydroxyl groups excluding tert-OH is 1. The molecule has 1 aliphatic rings. The van der Waals surface area contributed by atoms with Crippen molar-refractivity contribution >= 4 is 5.91 Å². The molecular formula is C14H20N2O4. The van der Waals surface area contributed by atoms with Crippen LogP contribution in [0.1, 0.15) is 5.56 Å². The number of carbonyl (C=O) groups is 1. The summed E-state index contributed by atoms with van der Waals surface area (Å²) < 4.78 is 10.8. The second-order valence-corrected chi connectivity index (χ2v) is 4.62. The van der Waals surface area contributed by atoms with Gasteiger partial charge in [-0.2, -0.15) is 0 Å². The first-order valence-electron chi connectivity index (χ1n) is 6.65. The largest absolute Gasteiger partial charge is 0.483 e. The molecule has 3 N–H and O–H groups in total. The standard InChI is InChI=1S/C14H20N2O4/c15-7-11-3-1-2-4-13(11)20-10-14(18)16-5-6-19-12(8-16)9-17/h1-4,12,17H,5-10,15H2. The van der Waals surface area contributed by atoms with Crippen LogP contribution in [0.3, 0.4) is 0 Å². The molecule has 110 valence electrons. The minimum atomic E-state index is -0.302. The predicted octanol–water partition coefficient (Wildman–Crippen LogP) is -0.256. The Morgan fingerprint density at radius 2 is 2.30 bits per heavy atom. The van der Waals surface area contributed by atoms with E-state index in [2.05, 4.69) is 0 Å². The highest BCUT2D eigenvalue weighted by molar-refractivity contribution is 5.78. The molecule has 1 amide bonds. The van der Waals surface area contributed by atoms with Gasteiger partial charge < -0.3 is 25.2 Å². The lowest BCUT2D eigenvalue weighted by molar-refractivity contribution is -0.142. The van der Waals surface area contributed by atoms with E-state index in [1.54, 1.807) is 11.0 Å². The molecule has 0 aromatic heterocycles. The summed E-state index contributed by atoms with van der Waals surface area (Å²) in [5.74, 6) is 0.522. The van der Waals surface area contributed by atoms with Crippen molar-refractivity contribution in [2.45, 2.75) is 12.6 Å². The van der Waals surface area contributed by atoms with E-state index in [0.717, 1.165) is 5.56 Å². The molecule has 1 aromatic carbocycles. The molecule has 0 bridgehead atoms. The van der Waals surface area contributed by atoms with Crippen LogP contribution in [0.5, 0.6) is 5.75 Å². The Labute approximate surface area is 118 Å². The molecule has 1 fully saturated rings. The number of benzene rings is 1. The van der Waals surface area contributed by atoms with Crippen molar-refractivity contribution in [3.8, 4) is 5.75 Å². The maximum absolute atomic E-state index is 12.1. The average Bonchev–Trinajstić information content (AvgIpc) is 2.52. The summed E-state index contributed by atoms with van der Waals surface area (Å²) in [5.41, 5.74) is 6.49. The van der Waals surface area contributed by atoms with Crippen LogP contribution in [-0.2, 0) is 16.1 Å². The van der Waals surface area contributed by atoms with Gasteiger partial charge in [0.15, 0.2) is 6.61 Å². The zero-order chi connectivity index (χ0) is 14.4. The highest BCUT2D eigenvalue weighted by atomic mass is 16.5. The van der Waals surface area contributed by atoms with Crippen molar-refractivity contribution in [1.29, 1.82) is 0 Å². The summed E-state index contributed by atoms with van der Waals surface area (Å²) in [6.45, 7) is 1.62. The van der Waals surface area contributed by atoms with E-state index in [4.69, 9.17) is 20.3 Å². The first-order chi connectivity index (χ1) is 9.74. The zero-order valence-electron chi connectivity index (χ0n) is 11.3. The van der Waals surface area contributed by atoms with Gasteiger partial charge in [-0.15, -0.1) is 0 Å². The molecular weight excluding hydrogens is 260 g/mol. The van der Waals surface area contributed by atoms with E-state index in [1.807, 2.05) is 18.2 Å². The van der Waals surface area contributed by atoms with Gasteiger partial charge in [0, 0.05) is 25.2 Å². The van der Waals surface area contributed by atoms with E-state index in [0.29, 0.717) is 32.0 Å². The van der Waals surface area contributed by atoms with Crippen LogP contribution in [0.25, 0.3) is 0 Å². The minimum absolute atomic E-state index is 0.0326. The molecule has 0 aliphatic carbocycles. The number of carbonyl (C=O) groups excluding carboxylic acids is 1. The fraction of sp³-hybridized carbons (Fsp3) is 0.500. The maximum Gasteiger partial charge on any atom is 0.260 e.